The highest BCUT2D eigenvalue weighted by Crippen LogP contribution is 2.10. The Bertz CT molecular complexity index is 401. The molecule has 0 saturated carbocycles. The van der Waals surface area contributed by atoms with Crippen LogP contribution in [0.1, 0.15) is 6.92 Å². The molecule has 1 radical (unpaired) electrons. The Morgan fingerprint density at radius 3 is 2.62 bits per heavy atom. The average molecular weight is 167 g/mol. The molecule has 2 aromatic rings. The lowest BCUT2D eigenvalue weighted by Crippen LogP contribution is -2.13. The minimum Gasteiger partial charge on any atom is -0.0801 e. The van der Waals surface area contributed by atoms with Crippen LogP contribution in [0, 0.1) is 0 Å². The minimum absolute atomic E-state index is 1.09. The molecule has 0 aliphatic rings. The highest BCUT2D eigenvalue weighted by atomic mass is 13.9. The second-order valence-corrected chi connectivity index (χ2v) is 3.18. The molecule has 0 saturated heterocycles. The largest absolute Gasteiger partial charge is 0.152 e. The van der Waals surface area contributed by atoms with Crippen molar-refractivity contribution in [2.24, 2.45) is 0 Å². The predicted octanol–water partition coefficient (Wildman–Crippen LogP) is 2.61. The zero-order valence-corrected chi connectivity index (χ0v) is 7.83. The Hall–Kier alpha value is -1.24. The van der Waals surface area contributed by atoms with Crippen molar-refractivity contribution in [3.63, 3.8) is 0 Å². The lowest BCUT2D eigenvalue weighted by atomic mass is 9.66. The second-order valence-electron chi connectivity index (χ2n) is 3.18. The molecule has 2 rings (SSSR count). The standard InChI is InChI=1S/C12H12B/c1-2-13-12-9-5-7-10-6-3-4-8-11(10)12/h3-9H,2H2,1H3. The molecule has 0 amide bonds. The van der Waals surface area contributed by atoms with Gasteiger partial charge in [-0.2, -0.15) is 0 Å². The lowest BCUT2D eigenvalue weighted by Gasteiger charge is -2.03. The number of benzene rings is 2. The van der Waals surface area contributed by atoms with E-state index >= 15 is 0 Å². The van der Waals surface area contributed by atoms with Crippen LogP contribution < -0.4 is 5.46 Å². The van der Waals surface area contributed by atoms with Gasteiger partial charge < -0.3 is 0 Å². The average Bonchev–Trinajstić information content (AvgIpc) is 2.19. The van der Waals surface area contributed by atoms with Crippen LogP contribution in [0.5, 0.6) is 0 Å². The van der Waals surface area contributed by atoms with Crippen LogP contribution in [0.4, 0.5) is 0 Å². The van der Waals surface area contributed by atoms with E-state index in [9.17, 15) is 0 Å². The predicted molar refractivity (Wildman–Crippen MR) is 59.8 cm³/mol. The zero-order valence-electron chi connectivity index (χ0n) is 7.83. The van der Waals surface area contributed by atoms with E-state index in [1.807, 2.05) is 0 Å². The summed E-state index contributed by atoms with van der Waals surface area (Å²) >= 11 is 0. The molecule has 0 nitrogen and oxygen atoms in total. The van der Waals surface area contributed by atoms with Crippen LogP contribution in [0.15, 0.2) is 42.5 Å². The van der Waals surface area contributed by atoms with Gasteiger partial charge in [-0.1, -0.05) is 61.2 Å². The van der Waals surface area contributed by atoms with Crippen molar-refractivity contribution in [1.82, 2.24) is 0 Å². The first-order chi connectivity index (χ1) is 6.42. The van der Waals surface area contributed by atoms with Crippen molar-refractivity contribution >= 4 is 23.5 Å². The van der Waals surface area contributed by atoms with Gasteiger partial charge in [0.25, 0.3) is 0 Å². The summed E-state index contributed by atoms with van der Waals surface area (Å²) in [6, 6.07) is 14.9. The van der Waals surface area contributed by atoms with E-state index in [1.54, 1.807) is 0 Å². The van der Waals surface area contributed by atoms with E-state index in [2.05, 4.69) is 56.7 Å². The summed E-state index contributed by atoms with van der Waals surface area (Å²) in [5, 5.41) is 2.68. The fourth-order valence-electron chi connectivity index (χ4n) is 1.65. The molecule has 63 valence electrons. The molecule has 0 aliphatic carbocycles. The Morgan fingerprint density at radius 1 is 1.00 bits per heavy atom. The van der Waals surface area contributed by atoms with E-state index in [1.165, 1.54) is 16.2 Å². The molecule has 1 heteroatoms. The van der Waals surface area contributed by atoms with Gasteiger partial charge in [0, 0.05) is 0 Å². The summed E-state index contributed by atoms with van der Waals surface area (Å²) in [6.45, 7) is 2.17. The van der Waals surface area contributed by atoms with E-state index in [4.69, 9.17) is 0 Å². The van der Waals surface area contributed by atoms with E-state index in [0.717, 1.165) is 6.32 Å². The van der Waals surface area contributed by atoms with Crippen LogP contribution in [0.3, 0.4) is 0 Å². The normalized spacial score (nSPS) is 10.2. The number of fused-ring (bicyclic) bond motifs is 1. The molecule has 0 unspecified atom stereocenters. The van der Waals surface area contributed by atoms with Gasteiger partial charge in [0.15, 0.2) is 7.28 Å². The topological polar surface area (TPSA) is 0 Å². The smallest absolute Gasteiger partial charge is 0.0801 e. The van der Waals surface area contributed by atoms with Crippen LogP contribution in [0.25, 0.3) is 10.8 Å². The summed E-state index contributed by atoms with van der Waals surface area (Å²) in [6.07, 6.45) is 1.09. The Labute approximate surface area is 79.8 Å². The summed E-state index contributed by atoms with van der Waals surface area (Å²) in [5.41, 5.74) is 1.35. The summed E-state index contributed by atoms with van der Waals surface area (Å²) in [4.78, 5) is 0. The third-order valence-corrected chi connectivity index (χ3v) is 2.25. The van der Waals surface area contributed by atoms with Gasteiger partial charge >= 0.3 is 0 Å². The second kappa shape index (κ2) is 3.65. The monoisotopic (exact) mass is 167 g/mol. The van der Waals surface area contributed by atoms with Crippen molar-refractivity contribution in [1.29, 1.82) is 0 Å². The van der Waals surface area contributed by atoms with E-state index in [0.29, 0.717) is 0 Å². The molecule has 0 fully saturated rings. The van der Waals surface area contributed by atoms with Gasteiger partial charge in [0.1, 0.15) is 0 Å². The van der Waals surface area contributed by atoms with Gasteiger partial charge in [0.05, 0.1) is 0 Å². The molecular formula is C12H12B. The first-order valence-electron chi connectivity index (χ1n) is 4.73. The molecule has 0 aromatic heterocycles. The van der Waals surface area contributed by atoms with E-state index in [-0.39, 0.29) is 0 Å². The van der Waals surface area contributed by atoms with Crippen molar-refractivity contribution in [3.8, 4) is 0 Å². The summed E-state index contributed by atoms with van der Waals surface area (Å²) in [7, 11) is 2.27. The fourth-order valence-corrected chi connectivity index (χ4v) is 1.65. The molecule has 0 atom stereocenters. The summed E-state index contributed by atoms with van der Waals surface area (Å²) in [5.74, 6) is 0. The minimum atomic E-state index is 1.09. The third kappa shape index (κ3) is 1.60. The quantitative estimate of drug-likeness (QED) is 0.603. The maximum Gasteiger partial charge on any atom is 0.152 e. The van der Waals surface area contributed by atoms with Gasteiger partial charge in [-0.05, 0) is 10.8 Å². The first kappa shape index (κ1) is 8.37. The molecule has 0 aliphatic heterocycles. The number of hydrogen-bond donors (Lipinski definition) is 0. The van der Waals surface area contributed by atoms with Gasteiger partial charge in [0.2, 0.25) is 0 Å². The highest BCUT2D eigenvalue weighted by Gasteiger charge is 1.98. The molecule has 0 spiro atoms. The zero-order chi connectivity index (χ0) is 9.10. The first-order valence-corrected chi connectivity index (χ1v) is 4.73. The maximum atomic E-state index is 2.27. The van der Waals surface area contributed by atoms with Crippen molar-refractivity contribution in [2.75, 3.05) is 0 Å². The fraction of sp³-hybridized carbons (Fsp3) is 0.167. The van der Waals surface area contributed by atoms with Crippen molar-refractivity contribution in [2.45, 2.75) is 13.2 Å². The molecular weight excluding hydrogens is 155 g/mol. The highest BCUT2D eigenvalue weighted by molar-refractivity contribution is 6.56. The number of rotatable bonds is 2. The SMILES string of the molecule is CC[B]c1cccc2ccccc12. The number of hydrogen-bond acceptors (Lipinski definition) is 0. The van der Waals surface area contributed by atoms with Crippen LogP contribution in [-0.2, 0) is 0 Å². The van der Waals surface area contributed by atoms with Crippen molar-refractivity contribution in [3.05, 3.63) is 42.5 Å². The lowest BCUT2D eigenvalue weighted by molar-refractivity contribution is 1.46. The Balaban J connectivity index is 2.61. The van der Waals surface area contributed by atoms with Gasteiger partial charge in [-0.15, -0.1) is 0 Å². The Kier molecular flexibility index (Phi) is 2.35. The van der Waals surface area contributed by atoms with Gasteiger partial charge in [-0.25, -0.2) is 0 Å². The molecule has 0 N–H and O–H groups in total. The van der Waals surface area contributed by atoms with Crippen molar-refractivity contribution < 1.29 is 0 Å². The third-order valence-electron chi connectivity index (χ3n) is 2.25. The van der Waals surface area contributed by atoms with Gasteiger partial charge in [-0.3, -0.25) is 0 Å². The van der Waals surface area contributed by atoms with Crippen LogP contribution in [0.2, 0.25) is 6.32 Å². The molecule has 2 aromatic carbocycles. The van der Waals surface area contributed by atoms with Crippen LogP contribution in [-0.4, -0.2) is 7.28 Å². The summed E-state index contributed by atoms with van der Waals surface area (Å²) < 4.78 is 0. The molecule has 0 bridgehead atoms. The maximum absolute atomic E-state index is 2.27. The molecule has 0 heterocycles. The van der Waals surface area contributed by atoms with E-state index < -0.39 is 0 Å². The van der Waals surface area contributed by atoms with Crippen LogP contribution >= 0.6 is 0 Å². The Morgan fingerprint density at radius 2 is 1.77 bits per heavy atom. The molecule has 13 heavy (non-hydrogen) atoms.